The quantitative estimate of drug-likeness (QED) is 0.679. The molecule has 1 aliphatic rings. The monoisotopic (exact) mass is 187 g/mol. The molecular formula is C11H9NO2. The first-order valence-corrected chi connectivity index (χ1v) is 4.35. The summed E-state index contributed by atoms with van der Waals surface area (Å²) in [6, 6.07) is 5.24. The number of carbonyl (C=O) groups excluding carboxylic acids is 2. The Hall–Kier alpha value is -1.90. The molecule has 0 unspecified atom stereocenters. The molecule has 2 amide bonds. The third kappa shape index (κ3) is 1.14. The van der Waals surface area contributed by atoms with Gasteiger partial charge in [-0.2, -0.15) is 0 Å². The van der Waals surface area contributed by atoms with Gasteiger partial charge in [-0.15, -0.1) is 0 Å². The minimum absolute atomic E-state index is 0.307. The lowest BCUT2D eigenvalue weighted by Crippen LogP contribution is -2.20. The lowest BCUT2D eigenvalue weighted by Gasteiger charge is -1.98. The van der Waals surface area contributed by atoms with Crippen LogP contribution in [0.3, 0.4) is 0 Å². The van der Waals surface area contributed by atoms with Crippen LogP contribution in [0.25, 0.3) is 6.08 Å². The van der Waals surface area contributed by atoms with Crippen molar-refractivity contribution < 1.29 is 9.59 Å². The van der Waals surface area contributed by atoms with E-state index in [1.54, 1.807) is 12.1 Å². The van der Waals surface area contributed by atoms with E-state index in [4.69, 9.17) is 0 Å². The van der Waals surface area contributed by atoms with Crippen molar-refractivity contribution in [2.75, 3.05) is 0 Å². The van der Waals surface area contributed by atoms with Crippen molar-refractivity contribution in [3.8, 4) is 0 Å². The summed E-state index contributed by atoms with van der Waals surface area (Å²) < 4.78 is 0. The zero-order valence-corrected chi connectivity index (χ0v) is 7.70. The number of imide groups is 1. The van der Waals surface area contributed by atoms with E-state index in [9.17, 15) is 9.59 Å². The zero-order valence-electron chi connectivity index (χ0n) is 7.70. The average molecular weight is 187 g/mol. The predicted octanol–water partition coefficient (Wildman–Crippen LogP) is 1.60. The number of carbonyl (C=O) groups is 2. The highest BCUT2D eigenvalue weighted by Crippen LogP contribution is 2.20. The summed E-state index contributed by atoms with van der Waals surface area (Å²) in [5.74, 6) is -0.616. The first-order chi connectivity index (χ1) is 6.74. The summed E-state index contributed by atoms with van der Waals surface area (Å²) in [4.78, 5) is 22.7. The molecule has 0 aliphatic carbocycles. The molecule has 0 aromatic heterocycles. The van der Waals surface area contributed by atoms with Crippen molar-refractivity contribution in [1.82, 2.24) is 5.32 Å². The van der Waals surface area contributed by atoms with Crippen LogP contribution in [0.1, 0.15) is 33.2 Å². The molecule has 3 nitrogen and oxygen atoms in total. The Morgan fingerprint density at radius 1 is 1.21 bits per heavy atom. The Morgan fingerprint density at radius 2 is 2.00 bits per heavy atom. The number of fused-ring (bicyclic) bond motifs is 1. The maximum Gasteiger partial charge on any atom is 0.259 e. The van der Waals surface area contributed by atoms with Crippen molar-refractivity contribution in [3.05, 3.63) is 41.0 Å². The Morgan fingerprint density at radius 3 is 2.71 bits per heavy atom. The van der Waals surface area contributed by atoms with Crippen LogP contribution in [0.2, 0.25) is 0 Å². The maximum atomic E-state index is 11.4. The molecule has 1 heterocycles. The van der Waals surface area contributed by atoms with E-state index in [-0.39, 0.29) is 11.8 Å². The summed E-state index contributed by atoms with van der Waals surface area (Å²) in [6.45, 7) is 1.87. The van der Waals surface area contributed by atoms with Gasteiger partial charge >= 0.3 is 0 Å². The number of hydrogen-bond acceptors (Lipinski definition) is 2. The number of nitrogens with one attached hydrogen (secondary N) is 1. The highest BCUT2D eigenvalue weighted by atomic mass is 16.2. The van der Waals surface area contributed by atoms with E-state index in [2.05, 4.69) is 5.32 Å². The average Bonchev–Trinajstić information content (AvgIpc) is 2.44. The SMILES string of the molecule is CC=Cc1cccc2c1C(=O)NC2=O. The van der Waals surface area contributed by atoms with Crippen LogP contribution in [0.15, 0.2) is 24.3 Å². The molecule has 3 heteroatoms. The molecule has 70 valence electrons. The number of amides is 2. The molecule has 14 heavy (non-hydrogen) atoms. The molecule has 0 fully saturated rings. The molecule has 1 aromatic rings. The van der Waals surface area contributed by atoms with Crippen molar-refractivity contribution in [2.45, 2.75) is 6.92 Å². The van der Waals surface area contributed by atoms with Gasteiger partial charge in [-0.05, 0) is 18.6 Å². The molecule has 0 atom stereocenters. The zero-order chi connectivity index (χ0) is 10.1. The highest BCUT2D eigenvalue weighted by molar-refractivity contribution is 6.22. The van der Waals surface area contributed by atoms with E-state index in [0.29, 0.717) is 11.1 Å². The molecule has 0 bridgehead atoms. The molecular weight excluding hydrogens is 178 g/mol. The van der Waals surface area contributed by atoms with Crippen LogP contribution in [0, 0.1) is 0 Å². The molecule has 2 rings (SSSR count). The normalized spacial score (nSPS) is 14.6. The summed E-state index contributed by atoms with van der Waals surface area (Å²) in [5, 5.41) is 2.27. The van der Waals surface area contributed by atoms with Gasteiger partial charge in [0.2, 0.25) is 0 Å². The van der Waals surface area contributed by atoms with Gasteiger partial charge in [-0.25, -0.2) is 0 Å². The minimum Gasteiger partial charge on any atom is -0.288 e. The molecule has 0 radical (unpaired) electrons. The second kappa shape index (κ2) is 3.10. The third-order valence-electron chi connectivity index (χ3n) is 2.14. The second-order valence-electron chi connectivity index (χ2n) is 3.05. The van der Waals surface area contributed by atoms with Gasteiger partial charge in [0.1, 0.15) is 0 Å². The summed E-state index contributed by atoms with van der Waals surface area (Å²) >= 11 is 0. The van der Waals surface area contributed by atoms with Crippen molar-refractivity contribution in [1.29, 1.82) is 0 Å². The highest BCUT2D eigenvalue weighted by Gasteiger charge is 2.27. The smallest absolute Gasteiger partial charge is 0.259 e. The van der Waals surface area contributed by atoms with E-state index in [0.717, 1.165) is 5.56 Å². The first-order valence-electron chi connectivity index (χ1n) is 4.35. The van der Waals surface area contributed by atoms with Crippen molar-refractivity contribution >= 4 is 17.9 Å². The van der Waals surface area contributed by atoms with Crippen LogP contribution in [-0.2, 0) is 0 Å². The minimum atomic E-state index is -0.309. The van der Waals surface area contributed by atoms with Gasteiger partial charge in [0, 0.05) is 0 Å². The fourth-order valence-electron chi connectivity index (χ4n) is 1.56. The van der Waals surface area contributed by atoms with Gasteiger partial charge in [0.15, 0.2) is 0 Å². The molecule has 1 aliphatic heterocycles. The molecule has 0 saturated heterocycles. The third-order valence-corrected chi connectivity index (χ3v) is 2.14. The van der Waals surface area contributed by atoms with Crippen molar-refractivity contribution in [2.24, 2.45) is 0 Å². The van der Waals surface area contributed by atoms with E-state index in [1.807, 2.05) is 25.1 Å². The Bertz CT molecular complexity index is 447. The van der Waals surface area contributed by atoms with Crippen LogP contribution in [0.5, 0.6) is 0 Å². The van der Waals surface area contributed by atoms with Crippen LogP contribution < -0.4 is 5.32 Å². The van der Waals surface area contributed by atoms with Crippen LogP contribution in [-0.4, -0.2) is 11.8 Å². The van der Waals surface area contributed by atoms with Crippen molar-refractivity contribution in [3.63, 3.8) is 0 Å². The van der Waals surface area contributed by atoms with Gasteiger partial charge in [-0.1, -0.05) is 24.3 Å². The Balaban J connectivity index is 2.67. The number of hydrogen-bond donors (Lipinski definition) is 1. The maximum absolute atomic E-state index is 11.4. The predicted molar refractivity (Wildman–Crippen MR) is 52.9 cm³/mol. The Kier molecular flexibility index (Phi) is 1.93. The molecule has 0 saturated carbocycles. The fourth-order valence-corrected chi connectivity index (χ4v) is 1.56. The lowest BCUT2D eigenvalue weighted by atomic mass is 10.0. The van der Waals surface area contributed by atoms with Crippen LogP contribution >= 0.6 is 0 Å². The van der Waals surface area contributed by atoms with Gasteiger partial charge in [0.25, 0.3) is 11.8 Å². The number of benzene rings is 1. The second-order valence-corrected chi connectivity index (χ2v) is 3.05. The summed E-state index contributed by atoms with van der Waals surface area (Å²) in [5.41, 5.74) is 1.73. The van der Waals surface area contributed by atoms with Gasteiger partial charge in [0.05, 0.1) is 11.1 Å². The van der Waals surface area contributed by atoms with E-state index in [1.165, 1.54) is 0 Å². The first kappa shape index (κ1) is 8.69. The van der Waals surface area contributed by atoms with Gasteiger partial charge in [-0.3, -0.25) is 14.9 Å². The number of allylic oxidation sites excluding steroid dienone is 1. The molecule has 1 N–H and O–H groups in total. The lowest BCUT2D eigenvalue weighted by molar-refractivity contribution is 0.0879. The Labute approximate surface area is 81.4 Å². The number of rotatable bonds is 1. The van der Waals surface area contributed by atoms with E-state index < -0.39 is 0 Å². The van der Waals surface area contributed by atoms with Crippen LogP contribution in [0.4, 0.5) is 0 Å². The topological polar surface area (TPSA) is 46.2 Å². The molecule has 1 aromatic carbocycles. The largest absolute Gasteiger partial charge is 0.288 e. The standard InChI is InChI=1S/C11H9NO2/c1-2-4-7-5-3-6-8-9(7)11(14)12-10(8)13/h2-6H,1H3,(H,12,13,14). The fraction of sp³-hybridized carbons (Fsp3) is 0.0909. The molecule has 0 spiro atoms. The summed E-state index contributed by atoms with van der Waals surface area (Å²) in [7, 11) is 0. The summed E-state index contributed by atoms with van der Waals surface area (Å²) in [6.07, 6.45) is 3.66. The van der Waals surface area contributed by atoms with Gasteiger partial charge < -0.3 is 0 Å². The van der Waals surface area contributed by atoms with E-state index >= 15 is 0 Å².